The fourth-order valence-corrected chi connectivity index (χ4v) is 2.62. The maximum Gasteiger partial charge on any atom is 0.223 e. The minimum absolute atomic E-state index is 0.136. The molecule has 1 aromatic carbocycles. The van der Waals surface area contributed by atoms with E-state index in [0.717, 1.165) is 16.7 Å². The van der Waals surface area contributed by atoms with Crippen molar-refractivity contribution in [2.75, 3.05) is 10.6 Å². The lowest BCUT2D eigenvalue weighted by Crippen LogP contribution is -2.10. The van der Waals surface area contributed by atoms with E-state index in [1.54, 1.807) is 6.20 Å². The second-order valence-corrected chi connectivity index (χ2v) is 7.52. The number of rotatable bonds is 4. The van der Waals surface area contributed by atoms with Gasteiger partial charge in [-0.05, 0) is 36.0 Å². The third kappa shape index (κ3) is 3.52. The fourth-order valence-electron chi connectivity index (χ4n) is 2.62. The predicted molar refractivity (Wildman–Crippen MR) is 100 cm³/mol. The summed E-state index contributed by atoms with van der Waals surface area (Å²) in [4.78, 5) is 17.6. The molecule has 3 aromatic rings. The molecule has 0 saturated heterocycles. The topological polar surface area (TPSA) is 75.6 Å². The Kier molecular flexibility index (Phi) is 3.75. The van der Waals surface area contributed by atoms with E-state index in [0.29, 0.717) is 17.8 Å². The number of anilines is 3. The van der Waals surface area contributed by atoms with E-state index >= 15 is 0 Å². The van der Waals surface area contributed by atoms with Crippen LogP contribution in [-0.2, 0) is 5.41 Å². The van der Waals surface area contributed by atoms with Gasteiger partial charge in [0.25, 0.3) is 0 Å². The first-order valence-corrected chi connectivity index (χ1v) is 8.61. The van der Waals surface area contributed by atoms with E-state index in [1.165, 1.54) is 24.7 Å². The highest BCUT2D eigenvalue weighted by molar-refractivity contribution is 5.87. The fraction of sp³-hybridized carbons (Fsp3) is 0.368. The van der Waals surface area contributed by atoms with Crippen LogP contribution in [0.2, 0.25) is 0 Å². The summed E-state index contributed by atoms with van der Waals surface area (Å²) in [6.45, 7) is 6.62. The number of hydrogen-bond acceptors (Lipinski definition) is 6. The quantitative estimate of drug-likeness (QED) is 0.750. The van der Waals surface area contributed by atoms with Gasteiger partial charge in [0.05, 0.1) is 6.20 Å². The Morgan fingerprint density at radius 2 is 1.76 bits per heavy atom. The molecular weight excluding hydrogens is 312 g/mol. The van der Waals surface area contributed by atoms with Gasteiger partial charge in [-0.15, -0.1) is 0 Å². The molecule has 6 nitrogen and oxygen atoms in total. The second-order valence-electron chi connectivity index (χ2n) is 7.52. The molecule has 0 atom stereocenters. The van der Waals surface area contributed by atoms with Gasteiger partial charge in [0.1, 0.15) is 17.4 Å². The molecule has 1 fully saturated rings. The molecule has 1 saturated carbocycles. The first-order chi connectivity index (χ1) is 12.0. The van der Waals surface area contributed by atoms with Gasteiger partial charge in [-0.1, -0.05) is 32.9 Å². The van der Waals surface area contributed by atoms with E-state index < -0.39 is 0 Å². The molecule has 0 spiro atoms. The van der Waals surface area contributed by atoms with Gasteiger partial charge in [0.2, 0.25) is 5.95 Å². The largest absolute Gasteiger partial charge is 0.351 e. The zero-order valence-corrected chi connectivity index (χ0v) is 14.7. The summed E-state index contributed by atoms with van der Waals surface area (Å²) in [5.41, 5.74) is 3.86. The summed E-state index contributed by atoms with van der Waals surface area (Å²) in [6, 6.07) is 8.92. The van der Waals surface area contributed by atoms with E-state index in [-0.39, 0.29) is 5.41 Å². The summed E-state index contributed by atoms with van der Waals surface area (Å²) in [6.07, 6.45) is 5.63. The van der Waals surface area contributed by atoms with Gasteiger partial charge < -0.3 is 10.6 Å². The van der Waals surface area contributed by atoms with Crippen LogP contribution >= 0.6 is 0 Å². The average Bonchev–Trinajstić information content (AvgIpc) is 3.39. The molecule has 2 N–H and O–H groups in total. The van der Waals surface area contributed by atoms with Crippen LogP contribution in [0, 0.1) is 0 Å². The van der Waals surface area contributed by atoms with Crippen molar-refractivity contribution in [1.29, 1.82) is 0 Å². The number of hydrogen-bond donors (Lipinski definition) is 2. The highest BCUT2D eigenvalue weighted by Gasteiger charge is 2.22. The maximum atomic E-state index is 4.60. The second kappa shape index (κ2) is 5.95. The minimum Gasteiger partial charge on any atom is -0.351 e. The van der Waals surface area contributed by atoms with Crippen LogP contribution in [0.3, 0.4) is 0 Å². The van der Waals surface area contributed by atoms with E-state index in [2.05, 4.69) is 75.6 Å². The van der Waals surface area contributed by atoms with Gasteiger partial charge in [-0.3, -0.25) is 0 Å². The molecule has 2 aromatic heterocycles. The molecule has 0 radical (unpaired) electrons. The molecule has 6 heteroatoms. The van der Waals surface area contributed by atoms with Crippen LogP contribution in [0.1, 0.15) is 39.2 Å². The lowest BCUT2D eigenvalue weighted by atomic mass is 9.87. The Morgan fingerprint density at radius 3 is 2.44 bits per heavy atom. The smallest absolute Gasteiger partial charge is 0.223 e. The van der Waals surface area contributed by atoms with Gasteiger partial charge in [0, 0.05) is 11.7 Å². The summed E-state index contributed by atoms with van der Waals surface area (Å²) >= 11 is 0. The lowest BCUT2D eigenvalue weighted by molar-refractivity contribution is 0.590. The zero-order valence-electron chi connectivity index (χ0n) is 14.7. The summed E-state index contributed by atoms with van der Waals surface area (Å²) in [5.74, 6) is 1.32. The summed E-state index contributed by atoms with van der Waals surface area (Å²) < 4.78 is 0. The number of nitrogens with zero attached hydrogens (tertiary/aromatic N) is 4. The lowest BCUT2D eigenvalue weighted by Gasteiger charge is -2.19. The van der Waals surface area contributed by atoms with Crippen molar-refractivity contribution in [1.82, 2.24) is 19.9 Å². The average molecular weight is 334 g/mol. The van der Waals surface area contributed by atoms with Crippen molar-refractivity contribution in [3.05, 3.63) is 42.4 Å². The van der Waals surface area contributed by atoms with Gasteiger partial charge in [0.15, 0.2) is 5.82 Å². The van der Waals surface area contributed by atoms with Crippen molar-refractivity contribution in [3.63, 3.8) is 0 Å². The van der Waals surface area contributed by atoms with Crippen LogP contribution in [0.4, 0.5) is 17.5 Å². The van der Waals surface area contributed by atoms with E-state index in [4.69, 9.17) is 0 Å². The molecule has 2 heterocycles. The van der Waals surface area contributed by atoms with Crippen LogP contribution in [-0.4, -0.2) is 26.0 Å². The Bertz CT molecular complexity index is 894. The Hall–Kier alpha value is -2.76. The third-order valence-corrected chi connectivity index (χ3v) is 4.30. The Labute approximate surface area is 147 Å². The normalized spacial score (nSPS) is 14.5. The molecule has 1 aliphatic carbocycles. The van der Waals surface area contributed by atoms with Crippen molar-refractivity contribution in [2.24, 2.45) is 0 Å². The van der Waals surface area contributed by atoms with Crippen molar-refractivity contribution in [3.8, 4) is 0 Å². The number of fused-ring (bicyclic) bond motifs is 1. The zero-order chi connectivity index (χ0) is 17.4. The summed E-state index contributed by atoms with van der Waals surface area (Å²) in [5, 5.41) is 6.67. The summed E-state index contributed by atoms with van der Waals surface area (Å²) in [7, 11) is 0. The van der Waals surface area contributed by atoms with Gasteiger partial charge in [-0.2, -0.15) is 0 Å². The SMILES string of the molecule is CC(C)(C)c1ccc(Nc2ncnc3cnc(NC4CC4)nc23)cc1. The first kappa shape index (κ1) is 15.7. The molecule has 0 aliphatic heterocycles. The molecule has 1 aliphatic rings. The molecule has 25 heavy (non-hydrogen) atoms. The van der Waals surface area contributed by atoms with Crippen LogP contribution in [0.25, 0.3) is 11.0 Å². The molecule has 0 bridgehead atoms. The highest BCUT2D eigenvalue weighted by atomic mass is 15.1. The van der Waals surface area contributed by atoms with Crippen molar-refractivity contribution in [2.45, 2.75) is 45.1 Å². The Morgan fingerprint density at radius 1 is 1.00 bits per heavy atom. The predicted octanol–water partition coefficient (Wildman–Crippen LogP) is 4.04. The molecule has 4 rings (SSSR count). The van der Waals surface area contributed by atoms with Crippen LogP contribution in [0.15, 0.2) is 36.8 Å². The van der Waals surface area contributed by atoms with Crippen molar-refractivity contribution < 1.29 is 0 Å². The minimum atomic E-state index is 0.136. The first-order valence-electron chi connectivity index (χ1n) is 8.61. The van der Waals surface area contributed by atoms with E-state index in [1.807, 2.05) is 0 Å². The monoisotopic (exact) mass is 334 g/mol. The molecular formula is C19H22N6. The third-order valence-electron chi connectivity index (χ3n) is 4.30. The molecule has 0 amide bonds. The number of benzene rings is 1. The van der Waals surface area contributed by atoms with Crippen LogP contribution < -0.4 is 10.6 Å². The van der Waals surface area contributed by atoms with Crippen LogP contribution in [0.5, 0.6) is 0 Å². The van der Waals surface area contributed by atoms with Gasteiger partial charge >= 0.3 is 0 Å². The standard InChI is InChI=1S/C19H22N6/c1-19(2,3)12-4-6-13(7-5-12)23-17-16-15(21-11-22-17)10-20-18(25-16)24-14-8-9-14/h4-7,10-11,14H,8-9H2,1-3H3,(H,20,24,25)(H,21,22,23). The maximum absolute atomic E-state index is 4.60. The Balaban J connectivity index is 1.63. The van der Waals surface area contributed by atoms with Gasteiger partial charge in [-0.25, -0.2) is 19.9 Å². The number of aromatic nitrogens is 4. The molecule has 0 unspecified atom stereocenters. The van der Waals surface area contributed by atoms with E-state index in [9.17, 15) is 0 Å². The highest BCUT2D eigenvalue weighted by Crippen LogP contribution is 2.27. The number of nitrogens with one attached hydrogen (secondary N) is 2. The van der Waals surface area contributed by atoms with Crippen molar-refractivity contribution >= 4 is 28.5 Å². The molecule has 128 valence electrons.